The molecule has 0 spiro atoms. The van der Waals surface area contributed by atoms with Crippen LogP contribution in [-0.4, -0.2) is 5.78 Å². The van der Waals surface area contributed by atoms with Crippen LogP contribution in [0.3, 0.4) is 0 Å². The van der Waals surface area contributed by atoms with Gasteiger partial charge in [-0.1, -0.05) is 32.9 Å². The van der Waals surface area contributed by atoms with E-state index in [4.69, 9.17) is 5.26 Å². The molecule has 1 aromatic carbocycles. The lowest BCUT2D eigenvalue weighted by Crippen LogP contribution is -2.03. The molecule has 2 nitrogen and oxygen atoms in total. The van der Waals surface area contributed by atoms with Gasteiger partial charge in [0.05, 0.1) is 11.6 Å². The number of rotatable bonds is 2. The monoisotopic (exact) mass is 203 g/mol. The minimum absolute atomic E-state index is 0.0762. The fraction of sp³-hybridized carbons (Fsp3) is 0.385. The minimum Gasteiger partial charge on any atom is -0.299 e. The van der Waals surface area contributed by atoms with Gasteiger partial charge in [-0.05, 0) is 24.6 Å². The van der Waals surface area contributed by atoms with E-state index in [1.807, 2.05) is 39.0 Å². The molecule has 0 radical (unpaired) electrons. The van der Waals surface area contributed by atoms with Crippen molar-refractivity contribution < 1.29 is 4.79 Å². The zero-order chi connectivity index (χ0) is 11.8. The highest BCUT2D eigenvalue weighted by atomic mass is 16.1. The third kappa shape index (κ3) is 3.95. The molecule has 1 aromatic rings. The number of carbonyl (C=O) groups excluding carboxylic acids is 1. The first-order valence-corrected chi connectivity index (χ1v) is 5.15. The van der Waals surface area contributed by atoms with Crippen molar-refractivity contribution in [1.82, 2.24) is 0 Å². The van der Waals surface area contributed by atoms with Crippen LogP contribution in [0.15, 0.2) is 24.3 Å². The molecule has 0 heterocycles. The fourth-order valence-corrected chi connectivity index (χ4v) is 1.08. The second-order valence-electron chi connectivity index (χ2n) is 3.07. The second kappa shape index (κ2) is 6.78. The molecule has 0 amide bonds. The van der Waals surface area contributed by atoms with Crippen molar-refractivity contribution in [1.29, 1.82) is 5.26 Å². The van der Waals surface area contributed by atoms with Crippen LogP contribution in [0.2, 0.25) is 0 Å². The second-order valence-corrected chi connectivity index (χ2v) is 3.07. The van der Waals surface area contributed by atoms with Crippen LogP contribution in [0.5, 0.6) is 0 Å². The van der Waals surface area contributed by atoms with E-state index in [0.717, 1.165) is 5.56 Å². The third-order valence-corrected chi connectivity index (χ3v) is 2.15. The topological polar surface area (TPSA) is 40.9 Å². The Kier molecular flexibility index (Phi) is 6.05. The maximum atomic E-state index is 11.0. The Labute approximate surface area is 91.5 Å². The van der Waals surface area contributed by atoms with Gasteiger partial charge in [-0.3, -0.25) is 4.79 Å². The number of hydrogen-bond donors (Lipinski definition) is 0. The molecular formula is C13H17NO. The molecular weight excluding hydrogens is 186 g/mol. The molecule has 0 saturated carbocycles. The Morgan fingerprint density at radius 2 is 1.73 bits per heavy atom. The van der Waals surface area contributed by atoms with Crippen LogP contribution in [0, 0.1) is 11.3 Å². The van der Waals surface area contributed by atoms with Gasteiger partial charge in [0.25, 0.3) is 0 Å². The number of ketones is 1. The van der Waals surface area contributed by atoms with E-state index >= 15 is 0 Å². The number of nitrogens with zero attached hydrogens (tertiary/aromatic N) is 1. The van der Waals surface area contributed by atoms with Crippen LogP contribution in [0.1, 0.15) is 44.7 Å². The van der Waals surface area contributed by atoms with Gasteiger partial charge in [-0.15, -0.1) is 0 Å². The maximum Gasteiger partial charge on any atom is 0.136 e. The number of nitriles is 1. The number of hydrogen-bond acceptors (Lipinski definition) is 2. The normalized spacial score (nSPS) is 10.6. The molecule has 80 valence electrons. The summed E-state index contributed by atoms with van der Waals surface area (Å²) in [6.07, 6.45) is 0. The first-order valence-electron chi connectivity index (χ1n) is 5.15. The van der Waals surface area contributed by atoms with E-state index in [9.17, 15) is 4.79 Å². The Hall–Kier alpha value is -1.62. The predicted octanol–water partition coefficient (Wildman–Crippen LogP) is 3.28. The highest BCUT2D eigenvalue weighted by Crippen LogP contribution is 2.16. The molecule has 0 aromatic heterocycles. The standard InChI is InChI=1S/C11H11NO.C2H6/c1-8(9(2)13)11-5-3-10(7-12)4-6-11;1-2/h3-6,8H,1-2H3;1-2H3. The third-order valence-electron chi connectivity index (χ3n) is 2.15. The van der Waals surface area contributed by atoms with E-state index in [0.29, 0.717) is 5.56 Å². The Balaban J connectivity index is 0.000000921. The number of carbonyl (C=O) groups is 1. The molecule has 0 aliphatic carbocycles. The summed E-state index contributed by atoms with van der Waals surface area (Å²) in [7, 11) is 0. The molecule has 0 bridgehead atoms. The van der Waals surface area contributed by atoms with E-state index in [1.54, 1.807) is 19.1 Å². The van der Waals surface area contributed by atoms with Crippen LogP contribution < -0.4 is 0 Å². The van der Waals surface area contributed by atoms with Gasteiger partial charge in [-0.25, -0.2) is 0 Å². The van der Waals surface area contributed by atoms with Gasteiger partial charge >= 0.3 is 0 Å². The summed E-state index contributed by atoms with van der Waals surface area (Å²) < 4.78 is 0. The molecule has 0 aliphatic heterocycles. The van der Waals surface area contributed by atoms with Gasteiger partial charge in [0.15, 0.2) is 0 Å². The summed E-state index contributed by atoms with van der Waals surface area (Å²) in [4.78, 5) is 11.0. The van der Waals surface area contributed by atoms with Gasteiger partial charge in [0, 0.05) is 5.92 Å². The van der Waals surface area contributed by atoms with Crippen LogP contribution >= 0.6 is 0 Å². The summed E-state index contributed by atoms with van der Waals surface area (Å²) in [5.41, 5.74) is 1.59. The lowest BCUT2D eigenvalue weighted by atomic mass is 9.97. The summed E-state index contributed by atoms with van der Waals surface area (Å²) in [6.45, 7) is 7.44. The largest absolute Gasteiger partial charge is 0.299 e. The van der Waals surface area contributed by atoms with Gasteiger partial charge in [-0.2, -0.15) is 5.26 Å². The fourth-order valence-electron chi connectivity index (χ4n) is 1.08. The molecule has 0 aliphatic rings. The average molecular weight is 203 g/mol. The smallest absolute Gasteiger partial charge is 0.136 e. The molecule has 15 heavy (non-hydrogen) atoms. The molecule has 1 rings (SSSR count). The first-order chi connectivity index (χ1) is 7.15. The van der Waals surface area contributed by atoms with Crippen molar-refractivity contribution in [2.24, 2.45) is 0 Å². The van der Waals surface area contributed by atoms with Crippen molar-refractivity contribution in [3.63, 3.8) is 0 Å². The summed E-state index contributed by atoms with van der Waals surface area (Å²) in [6, 6.07) is 9.15. The molecule has 1 atom stereocenters. The highest BCUT2D eigenvalue weighted by Gasteiger charge is 2.09. The van der Waals surface area contributed by atoms with Crippen LogP contribution in [0.4, 0.5) is 0 Å². The van der Waals surface area contributed by atoms with E-state index in [2.05, 4.69) is 0 Å². The van der Waals surface area contributed by atoms with Crippen molar-refractivity contribution >= 4 is 5.78 Å². The van der Waals surface area contributed by atoms with Crippen LogP contribution in [0.25, 0.3) is 0 Å². The number of Topliss-reactive ketones (excluding diaryl/α,β-unsaturated/α-hetero) is 1. The number of benzene rings is 1. The molecule has 2 heteroatoms. The minimum atomic E-state index is -0.0762. The van der Waals surface area contributed by atoms with E-state index in [1.165, 1.54) is 0 Å². The van der Waals surface area contributed by atoms with Gasteiger partial charge in [0.2, 0.25) is 0 Å². The van der Waals surface area contributed by atoms with Crippen molar-refractivity contribution in [3.8, 4) is 6.07 Å². The molecule has 1 unspecified atom stereocenters. The Morgan fingerprint density at radius 3 is 2.07 bits per heavy atom. The quantitative estimate of drug-likeness (QED) is 0.740. The van der Waals surface area contributed by atoms with Crippen LogP contribution in [-0.2, 0) is 4.79 Å². The predicted molar refractivity (Wildman–Crippen MR) is 61.6 cm³/mol. The van der Waals surface area contributed by atoms with Gasteiger partial charge in [0.1, 0.15) is 5.78 Å². The van der Waals surface area contributed by atoms with Gasteiger partial charge < -0.3 is 0 Å². The van der Waals surface area contributed by atoms with E-state index in [-0.39, 0.29) is 11.7 Å². The lowest BCUT2D eigenvalue weighted by molar-refractivity contribution is -0.118. The molecule has 0 fully saturated rings. The van der Waals surface area contributed by atoms with Crippen molar-refractivity contribution in [2.75, 3.05) is 0 Å². The lowest BCUT2D eigenvalue weighted by Gasteiger charge is -2.06. The summed E-state index contributed by atoms with van der Waals surface area (Å²) >= 11 is 0. The van der Waals surface area contributed by atoms with E-state index < -0.39 is 0 Å². The zero-order valence-electron chi connectivity index (χ0n) is 9.74. The first kappa shape index (κ1) is 13.4. The SMILES string of the molecule is CC.CC(=O)C(C)c1ccc(C#N)cc1. The molecule has 0 saturated heterocycles. The average Bonchev–Trinajstić information content (AvgIpc) is 2.31. The summed E-state index contributed by atoms with van der Waals surface area (Å²) in [5.74, 6) is 0.0671. The van der Waals surface area contributed by atoms with Crippen molar-refractivity contribution in [2.45, 2.75) is 33.6 Å². The Bertz CT molecular complexity index is 346. The summed E-state index contributed by atoms with van der Waals surface area (Å²) in [5, 5.41) is 8.56. The maximum absolute atomic E-state index is 11.0. The zero-order valence-corrected chi connectivity index (χ0v) is 9.74. The molecule has 0 N–H and O–H groups in total. The highest BCUT2D eigenvalue weighted by molar-refractivity contribution is 5.82. The van der Waals surface area contributed by atoms with Crippen molar-refractivity contribution in [3.05, 3.63) is 35.4 Å². The Morgan fingerprint density at radius 1 is 1.27 bits per heavy atom.